The Morgan fingerprint density at radius 3 is 2.32 bits per heavy atom. The zero-order chi connectivity index (χ0) is 13.9. The van der Waals surface area contributed by atoms with E-state index in [1.807, 2.05) is 7.05 Å². The summed E-state index contributed by atoms with van der Waals surface area (Å²) in [6.07, 6.45) is 10.1. The third-order valence-corrected chi connectivity index (χ3v) is 6.09. The normalized spacial score (nSPS) is 28.0. The number of sulfonamides is 1. The molecule has 1 saturated carbocycles. The van der Waals surface area contributed by atoms with Gasteiger partial charge in [0.1, 0.15) is 0 Å². The number of piperidine rings is 1. The first kappa shape index (κ1) is 15.3. The van der Waals surface area contributed by atoms with Crippen LogP contribution in [0.15, 0.2) is 0 Å². The van der Waals surface area contributed by atoms with Crippen LogP contribution in [0, 0.1) is 11.8 Å². The third-order valence-electron chi connectivity index (χ3n) is 4.82. The Balaban J connectivity index is 1.82. The first-order valence-electron chi connectivity index (χ1n) is 7.61. The average Bonchev–Trinajstić information content (AvgIpc) is 2.31. The summed E-state index contributed by atoms with van der Waals surface area (Å²) in [7, 11) is -0.963. The molecule has 1 aliphatic heterocycles. The molecule has 1 saturated heterocycles. The third kappa shape index (κ3) is 4.43. The van der Waals surface area contributed by atoms with Gasteiger partial charge in [-0.15, -0.1) is 0 Å². The molecule has 0 aromatic rings. The zero-order valence-corrected chi connectivity index (χ0v) is 13.1. The topological polar surface area (TPSA) is 49.4 Å². The molecule has 19 heavy (non-hydrogen) atoms. The summed E-state index contributed by atoms with van der Waals surface area (Å²) >= 11 is 0. The molecule has 2 aliphatic rings. The van der Waals surface area contributed by atoms with E-state index in [-0.39, 0.29) is 0 Å². The van der Waals surface area contributed by atoms with E-state index < -0.39 is 10.0 Å². The van der Waals surface area contributed by atoms with E-state index in [4.69, 9.17) is 0 Å². The first-order valence-corrected chi connectivity index (χ1v) is 9.46. The zero-order valence-electron chi connectivity index (χ0n) is 12.3. The molecule has 4 nitrogen and oxygen atoms in total. The van der Waals surface area contributed by atoms with E-state index in [0.717, 1.165) is 25.3 Å². The Hall–Kier alpha value is -0.130. The lowest BCUT2D eigenvalue weighted by Crippen LogP contribution is -2.42. The fraction of sp³-hybridized carbons (Fsp3) is 1.00. The van der Waals surface area contributed by atoms with Crippen molar-refractivity contribution >= 4 is 10.0 Å². The fourth-order valence-electron chi connectivity index (χ4n) is 3.39. The van der Waals surface area contributed by atoms with Crippen LogP contribution in [-0.4, -0.2) is 45.2 Å². The van der Waals surface area contributed by atoms with Gasteiger partial charge in [0.25, 0.3) is 0 Å². The van der Waals surface area contributed by atoms with Gasteiger partial charge < -0.3 is 5.32 Å². The molecule has 1 heterocycles. The Kier molecular flexibility index (Phi) is 5.26. The molecule has 0 bridgehead atoms. The van der Waals surface area contributed by atoms with Crippen molar-refractivity contribution in [1.82, 2.24) is 9.62 Å². The van der Waals surface area contributed by atoms with Crippen LogP contribution >= 0.6 is 0 Å². The number of nitrogens with one attached hydrogen (secondary N) is 1. The van der Waals surface area contributed by atoms with Crippen LogP contribution in [0.3, 0.4) is 0 Å². The lowest BCUT2D eigenvalue weighted by Gasteiger charge is -2.35. The summed E-state index contributed by atoms with van der Waals surface area (Å²) in [5.41, 5.74) is 0. The highest BCUT2D eigenvalue weighted by molar-refractivity contribution is 7.88. The number of nitrogens with zero attached hydrogens (tertiary/aromatic N) is 1. The highest BCUT2D eigenvalue weighted by atomic mass is 32.2. The molecule has 2 fully saturated rings. The molecule has 2 atom stereocenters. The van der Waals surface area contributed by atoms with Gasteiger partial charge in [0.2, 0.25) is 10.0 Å². The molecule has 2 rings (SSSR count). The van der Waals surface area contributed by atoms with Gasteiger partial charge in [-0.05, 0) is 44.6 Å². The second kappa shape index (κ2) is 6.55. The maximum absolute atomic E-state index is 11.6. The molecule has 0 amide bonds. The minimum absolute atomic E-state index is 0.529. The summed E-state index contributed by atoms with van der Waals surface area (Å²) in [6.45, 7) is 1.43. The van der Waals surface area contributed by atoms with Gasteiger partial charge in [0.15, 0.2) is 0 Å². The Morgan fingerprint density at radius 2 is 1.79 bits per heavy atom. The van der Waals surface area contributed by atoms with E-state index >= 15 is 0 Å². The van der Waals surface area contributed by atoms with E-state index in [1.54, 1.807) is 4.31 Å². The van der Waals surface area contributed by atoms with Crippen molar-refractivity contribution < 1.29 is 8.42 Å². The molecule has 112 valence electrons. The molecular weight excluding hydrogens is 260 g/mol. The van der Waals surface area contributed by atoms with Gasteiger partial charge in [-0.25, -0.2) is 12.7 Å². The predicted molar refractivity (Wildman–Crippen MR) is 78.6 cm³/mol. The Morgan fingerprint density at radius 1 is 1.16 bits per heavy atom. The van der Waals surface area contributed by atoms with Crippen molar-refractivity contribution in [2.75, 3.05) is 26.4 Å². The van der Waals surface area contributed by atoms with Crippen molar-refractivity contribution in [3.63, 3.8) is 0 Å². The van der Waals surface area contributed by atoms with Gasteiger partial charge in [0, 0.05) is 19.1 Å². The van der Waals surface area contributed by atoms with E-state index in [2.05, 4.69) is 5.32 Å². The van der Waals surface area contributed by atoms with Crippen molar-refractivity contribution in [1.29, 1.82) is 0 Å². The fourth-order valence-corrected chi connectivity index (χ4v) is 4.33. The van der Waals surface area contributed by atoms with Crippen LogP contribution < -0.4 is 5.32 Å². The first-order chi connectivity index (χ1) is 8.99. The van der Waals surface area contributed by atoms with Crippen molar-refractivity contribution in [2.45, 2.75) is 51.0 Å². The molecule has 0 aromatic carbocycles. The molecule has 1 aliphatic carbocycles. The van der Waals surface area contributed by atoms with E-state index in [0.29, 0.717) is 18.5 Å². The van der Waals surface area contributed by atoms with Gasteiger partial charge in [-0.2, -0.15) is 0 Å². The van der Waals surface area contributed by atoms with Crippen LogP contribution in [0.25, 0.3) is 0 Å². The summed E-state index contributed by atoms with van der Waals surface area (Å²) in [4.78, 5) is 0. The van der Waals surface area contributed by atoms with Gasteiger partial charge in [-0.1, -0.05) is 19.3 Å². The van der Waals surface area contributed by atoms with Gasteiger partial charge in [0.05, 0.1) is 6.26 Å². The summed E-state index contributed by atoms with van der Waals surface area (Å²) in [5, 5.41) is 3.43. The lowest BCUT2D eigenvalue weighted by molar-refractivity contribution is 0.208. The number of hydrogen-bond acceptors (Lipinski definition) is 3. The maximum atomic E-state index is 11.6. The van der Waals surface area contributed by atoms with Crippen molar-refractivity contribution in [2.24, 2.45) is 11.8 Å². The lowest BCUT2D eigenvalue weighted by atomic mass is 9.78. The van der Waals surface area contributed by atoms with Gasteiger partial charge >= 0.3 is 0 Å². The van der Waals surface area contributed by atoms with Crippen molar-refractivity contribution in [3.8, 4) is 0 Å². The molecule has 0 spiro atoms. The van der Waals surface area contributed by atoms with E-state index in [9.17, 15) is 8.42 Å². The summed E-state index contributed by atoms with van der Waals surface area (Å²) in [5.74, 6) is 1.44. The average molecular weight is 288 g/mol. The largest absolute Gasteiger partial charge is 0.317 e. The highest BCUT2D eigenvalue weighted by Crippen LogP contribution is 2.32. The monoisotopic (exact) mass is 288 g/mol. The Bertz CT molecular complexity index is 379. The Labute approximate surface area is 118 Å². The summed E-state index contributed by atoms with van der Waals surface area (Å²) < 4.78 is 24.9. The van der Waals surface area contributed by atoms with Crippen LogP contribution in [0.1, 0.15) is 44.9 Å². The van der Waals surface area contributed by atoms with E-state index in [1.165, 1.54) is 38.4 Å². The predicted octanol–water partition coefficient (Wildman–Crippen LogP) is 1.83. The maximum Gasteiger partial charge on any atom is 0.211 e. The number of rotatable bonds is 6. The molecule has 2 unspecified atom stereocenters. The smallest absolute Gasteiger partial charge is 0.211 e. The second-order valence-corrected chi connectivity index (χ2v) is 8.37. The standard InChI is InChI=1S/C14H28N2O2S/c1-15-14(9-12-5-3-6-12)10-13-7-4-8-16(11-13)19(2,17)18/h12-15H,3-11H2,1-2H3. The molecule has 1 N–H and O–H groups in total. The van der Waals surface area contributed by atoms with Crippen LogP contribution in [0.2, 0.25) is 0 Å². The van der Waals surface area contributed by atoms with Crippen LogP contribution in [-0.2, 0) is 10.0 Å². The molecule has 5 heteroatoms. The molecule has 0 radical (unpaired) electrons. The second-order valence-electron chi connectivity index (χ2n) is 6.38. The van der Waals surface area contributed by atoms with Crippen LogP contribution in [0.5, 0.6) is 0 Å². The minimum atomic E-state index is -3.00. The van der Waals surface area contributed by atoms with Crippen molar-refractivity contribution in [3.05, 3.63) is 0 Å². The van der Waals surface area contributed by atoms with Crippen LogP contribution in [0.4, 0.5) is 0 Å². The molecule has 0 aromatic heterocycles. The molecular formula is C14H28N2O2S. The summed E-state index contributed by atoms with van der Waals surface area (Å²) in [6, 6.07) is 0.565. The highest BCUT2D eigenvalue weighted by Gasteiger charge is 2.29. The quantitative estimate of drug-likeness (QED) is 0.811. The minimum Gasteiger partial charge on any atom is -0.317 e. The van der Waals surface area contributed by atoms with Gasteiger partial charge in [-0.3, -0.25) is 0 Å². The SMILES string of the molecule is CNC(CC1CCC1)CC1CCCN(S(C)(=O)=O)C1. The number of hydrogen-bond donors (Lipinski definition) is 1.